The van der Waals surface area contributed by atoms with E-state index >= 15 is 0 Å². The van der Waals surface area contributed by atoms with Crippen LogP contribution in [0.3, 0.4) is 0 Å². The van der Waals surface area contributed by atoms with Crippen LogP contribution >= 0.6 is 11.3 Å². The van der Waals surface area contributed by atoms with Gasteiger partial charge in [0.15, 0.2) is 16.9 Å². The van der Waals surface area contributed by atoms with E-state index in [1.165, 1.54) is 52.7 Å². The van der Waals surface area contributed by atoms with E-state index in [2.05, 4.69) is 27.9 Å². The van der Waals surface area contributed by atoms with Crippen LogP contribution in [-0.2, 0) is 62.5 Å². The molecule has 13 rings (SSSR count). The molecule has 4 unspecified atom stereocenters. The van der Waals surface area contributed by atoms with E-state index in [9.17, 15) is 73.8 Å². The number of aliphatic hydroxyl groups excluding tert-OH is 3. The molecule has 9 N–H and O–H groups in total. The second kappa shape index (κ2) is 30.9. The maximum atomic E-state index is 13.8. The van der Waals surface area contributed by atoms with Crippen molar-refractivity contribution in [3.8, 4) is 16.9 Å². The normalized spacial score (nSPS) is 24.0. The topological polar surface area (TPSA) is 401 Å². The quantitative estimate of drug-likeness (QED) is 0.0163. The number of fused-ring (bicyclic) bond motifs is 2. The number of imide groups is 1. The Morgan fingerprint density at radius 3 is 2.39 bits per heavy atom. The molecule has 544 valence electrons. The van der Waals surface area contributed by atoms with Crippen LogP contribution in [-0.4, -0.2) is 196 Å². The summed E-state index contributed by atoms with van der Waals surface area (Å²) in [5.41, 5.74) is 4.40. The predicted molar refractivity (Wildman–Crippen MR) is 373 cm³/mol. The fraction of sp³-hybridized carbons (Fsp3) is 0.452. The Kier molecular flexibility index (Phi) is 21.9. The molecule has 103 heavy (non-hydrogen) atoms. The van der Waals surface area contributed by atoms with E-state index in [0.717, 1.165) is 64.0 Å². The van der Waals surface area contributed by atoms with Gasteiger partial charge in [0.1, 0.15) is 36.5 Å². The van der Waals surface area contributed by atoms with Crippen LogP contribution in [0, 0.1) is 23.7 Å². The molecule has 4 aliphatic carbocycles. The third kappa shape index (κ3) is 16.7. The van der Waals surface area contributed by atoms with Crippen molar-refractivity contribution in [1.29, 1.82) is 0 Å². The van der Waals surface area contributed by atoms with Crippen molar-refractivity contribution in [2.24, 2.45) is 16.7 Å². The molecule has 6 heterocycles. The van der Waals surface area contributed by atoms with E-state index < -0.39 is 66.2 Å². The average Bonchev–Trinajstić information content (AvgIpc) is 1.68. The van der Waals surface area contributed by atoms with E-state index in [1.54, 1.807) is 24.4 Å². The van der Waals surface area contributed by atoms with E-state index in [4.69, 9.17) is 29.0 Å². The molecule has 3 aromatic carbocycles. The van der Waals surface area contributed by atoms with Gasteiger partial charge in [-0.1, -0.05) is 61.1 Å². The number of pyridine rings is 1. The second-order valence-corrected chi connectivity index (χ2v) is 28.9. The number of carboxylic acid groups (broad SMARTS) is 3. The molecule has 6 aromatic rings. The number of aromatic nitrogens is 4. The molecular formula is C73H82N10O19S. The van der Waals surface area contributed by atoms with Gasteiger partial charge in [0.2, 0.25) is 18.1 Å². The first-order valence-electron chi connectivity index (χ1n) is 34.4. The van der Waals surface area contributed by atoms with E-state index in [1.807, 2.05) is 59.0 Å². The van der Waals surface area contributed by atoms with Gasteiger partial charge in [-0.05, 0) is 147 Å². The van der Waals surface area contributed by atoms with Crippen LogP contribution in [0.25, 0.3) is 27.4 Å². The zero-order valence-electron chi connectivity index (χ0n) is 56.9. The molecule has 9 atom stereocenters. The molecule has 1 saturated heterocycles. The summed E-state index contributed by atoms with van der Waals surface area (Å²) in [5, 5.41) is 75.3. The largest absolute Gasteiger partial charge is 0.481 e. The Bertz CT molecular complexity index is 4300. The maximum Gasteiger partial charge on any atom is 0.410 e. The van der Waals surface area contributed by atoms with Gasteiger partial charge in [-0.3, -0.25) is 43.7 Å². The van der Waals surface area contributed by atoms with Gasteiger partial charge < -0.3 is 70.0 Å². The fourth-order valence-electron chi connectivity index (χ4n) is 16.1. The van der Waals surface area contributed by atoms with Crippen LogP contribution < -0.4 is 25.6 Å². The summed E-state index contributed by atoms with van der Waals surface area (Å²) < 4.78 is 26.6. The van der Waals surface area contributed by atoms with Crippen LogP contribution in [0.4, 0.5) is 21.4 Å². The third-order valence-corrected chi connectivity index (χ3v) is 21.1. The minimum Gasteiger partial charge on any atom is -0.481 e. The fourth-order valence-corrected chi connectivity index (χ4v) is 16.9. The summed E-state index contributed by atoms with van der Waals surface area (Å²) in [6.07, 6.45) is 3.43. The first kappa shape index (κ1) is 72.8. The molecule has 4 bridgehead atoms. The lowest BCUT2D eigenvalue weighted by Gasteiger charge is -2.65. The van der Waals surface area contributed by atoms with E-state index in [-0.39, 0.29) is 110 Å². The van der Waals surface area contributed by atoms with Crippen molar-refractivity contribution < 1.29 is 92.7 Å². The number of amides is 6. The summed E-state index contributed by atoms with van der Waals surface area (Å²) >= 11 is 1.40. The summed E-state index contributed by atoms with van der Waals surface area (Å²) in [7, 11) is 0. The van der Waals surface area contributed by atoms with Gasteiger partial charge in [0.25, 0.3) is 17.7 Å². The number of unbranched alkanes of at least 4 members (excludes halogenated alkanes) is 2. The minimum atomic E-state index is -2.00. The van der Waals surface area contributed by atoms with Crippen molar-refractivity contribution in [3.63, 3.8) is 0 Å². The minimum absolute atomic E-state index is 0.0174. The highest BCUT2D eigenvalue weighted by Gasteiger charge is 2.63. The Hall–Kier alpha value is -9.98. The number of carbonyl (C=O) groups excluding carboxylic acids is 6. The van der Waals surface area contributed by atoms with Gasteiger partial charge in [0, 0.05) is 93.2 Å². The molecule has 6 amide bonds. The lowest BCUT2D eigenvalue weighted by molar-refractivity contribution is -0.271. The first-order valence-corrected chi connectivity index (χ1v) is 35.2. The van der Waals surface area contributed by atoms with Crippen molar-refractivity contribution >= 4 is 97.8 Å². The molecule has 3 aromatic heterocycles. The average molecular weight is 1440 g/mol. The number of rotatable bonds is 30. The number of aliphatic carboxylic acids is 2. The zero-order valence-corrected chi connectivity index (χ0v) is 57.7. The summed E-state index contributed by atoms with van der Waals surface area (Å²) in [6.45, 7) is 5.46. The Labute approximate surface area is 595 Å². The molecule has 30 heteroatoms. The van der Waals surface area contributed by atoms with Gasteiger partial charge in [-0.15, -0.1) is 0 Å². The van der Waals surface area contributed by atoms with Gasteiger partial charge >= 0.3 is 24.0 Å². The number of benzene rings is 3. The Morgan fingerprint density at radius 2 is 1.62 bits per heavy atom. The number of nitrogens with one attached hydrogen (secondary N) is 3. The van der Waals surface area contributed by atoms with Crippen molar-refractivity contribution in [2.75, 3.05) is 61.5 Å². The van der Waals surface area contributed by atoms with Gasteiger partial charge in [0.05, 0.1) is 40.7 Å². The third-order valence-electron chi connectivity index (χ3n) is 20.2. The number of ether oxygens (including phenoxy) is 4. The summed E-state index contributed by atoms with van der Waals surface area (Å²) in [6, 6.07) is 21.2. The monoisotopic (exact) mass is 1430 g/mol. The number of carboxylic acids is 3. The van der Waals surface area contributed by atoms with Crippen LogP contribution in [0.1, 0.15) is 127 Å². The van der Waals surface area contributed by atoms with Crippen LogP contribution in [0.2, 0.25) is 0 Å². The molecule has 4 saturated carbocycles. The lowest BCUT2D eigenvalue weighted by Crippen LogP contribution is -2.61. The molecule has 0 spiro atoms. The van der Waals surface area contributed by atoms with Crippen molar-refractivity contribution in [3.05, 3.63) is 131 Å². The molecule has 5 fully saturated rings. The van der Waals surface area contributed by atoms with E-state index in [0.29, 0.717) is 90.9 Å². The van der Waals surface area contributed by atoms with Crippen LogP contribution in [0.5, 0.6) is 5.75 Å². The highest BCUT2D eigenvalue weighted by Crippen LogP contribution is 2.68. The number of aliphatic hydroxyl groups is 3. The standard InChI is InChI=1S/C73H82N10O19S/c1-42-48(46-17-19-54(78-60(46)66(94)95)81-27-23-45-11-8-12-47(49(45)37-81)65(93)79-69-77-50-13-5-6-14-53(50)103-69)36-75-83(42)41-72-34-44-33-71(2,38-72)39-73(35-44,40-72)100-31-29-80(28-24-59(88)89)70(98)99-30-9-10-43-16-18-52(101-68-63(92)61(90)62(91)64(102-68)67(96)97)51(32-43)76-56(85)22-25-74-55(84)15-4-3-7-26-82-57(86)20-21-58(82)87/h5-6,8-14,16-21,32,36,44,61-64,68,90-92H,3-4,7,15,22-31,33-35,37-41H2,1-2H3,(H,74,84)(H,76,85)(H,88,89)(H,94,95)(H,96,97)(H,77,79,93)/b10-9+/t44?,61-,62-,63+,64-,68+,71?,72?,73?/m0/s1. The zero-order chi connectivity index (χ0) is 72.9. The highest BCUT2D eigenvalue weighted by molar-refractivity contribution is 7.22. The molecule has 0 radical (unpaired) electrons. The number of anilines is 3. The summed E-state index contributed by atoms with van der Waals surface area (Å²) in [5.74, 6) is -5.32. The number of carbonyl (C=O) groups is 9. The maximum absolute atomic E-state index is 13.8. The highest BCUT2D eigenvalue weighted by atomic mass is 32.1. The number of aromatic carboxylic acids is 1. The number of nitrogens with zero attached hydrogens (tertiary/aromatic N) is 7. The first-order chi connectivity index (χ1) is 49.3. The molecule has 29 nitrogen and oxygen atoms in total. The molecule has 3 aliphatic heterocycles. The molecular weight excluding hydrogens is 1350 g/mol. The van der Waals surface area contributed by atoms with Crippen molar-refractivity contribution in [1.82, 2.24) is 34.9 Å². The Morgan fingerprint density at radius 1 is 0.816 bits per heavy atom. The second-order valence-electron chi connectivity index (χ2n) is 27.9. The van der Waals surface area contributed by atoms with Crippen LogP contribution in [0.15, 0.2) is 97.2 Å². The summed E-state index contributed by atoms with van der Waals surface area (Å²) in [4.78, 5) is 128. The molecule has 7 aliphatic rings. The SMILES string of the molecule is Cc1c(-c2ccc(N3CCc4cccc(C(=O)Nc5nc6ccccc6s5)c4C3)nc2C(=O)O)cnn1CC12CC3CC(C)(C1)CC(OCCN(CCC(=O)O)C(=O)OC/C=C/c1ccc(O[C@@H]4O[C@H](C(=O)O)[C@@H](O)[C@H](O)[C@H]4O)c(NC(=O)CCNC(=O)CCCCCN4C(=O)C=CC4=O)c1)(C3)C2. The number of hydrogen-bond acceptors (Lipinski definition) is 21. The number of thiazole rings is 1. The predicted octanol–water partition coefficient (Wildman–Crippen LogP) is 6.95. The smallest absolute Gasteiger partial charge is 0.410 e. The Balaban J connectivity index is 0.663. The van der Waals surface area contributed by atoms with Gasteiger partial charge in [-0.25, -0.2) is 24.4 Å². The van der Waals surface area contributed by atoms with Crippen molar-refractivity contribution in [2.45, 2.75) is 147 Å². The lowest BCUT2D eigenvalue weighted by atomic mass is 9.43. The number of para-hydroxylation sites is 1. The number of hydrogen-bond donors (Lipinski definition) is 9. The van der Waals surface area contributed by atoms with Gasteiger partial charge in [-0.2, -0.15) is 5.10 Å².